The van der Waals surface area contributed by atoms with Crippen LogP contribution in [0.15, 0.2) is 12.1 Å². The Kier molecular flexibility index (Phi) is 8.98. The number of benzene rings is 1. The van der Waals surface area contributed by atoms with Crippen LogP contribution in [0, 0.1) is 13.8 Å². The zero-order valence-corrected chi connectivity index (χ0v) is 14.8. The molecule has 1 aromatic rings. The number of anilines is 1. The molecule has 1 amide bonds. The molecule has 1 N–H and O–H groups in total. The molecule has 0 aliphatic heterocycles. The molecular formula is C18H28ClNO2. The van der Waals surface area contributed by atoms with Crippen LogP contribution < -0.4 is 10.1 Å². The molecule has 1 aromatic carbocycles. The van der Waals surface area contributed by atoms with Gasteiger partial charge in [-0.05, 0) is 43.5 Å². The number of hydrogen-bond acceptors (Lipinski definition) is 2. The highest BCUT2D eigenvalue weighted by Gasteiger charge is 2.09. The highest BCUT2D eigenvalue weighted by molar-refractivity contribution is 6.29. The maximum absolute atomic E-state index is 11.4. The SMILES string of the molecule is CCCCCCCCOc1cc(C)c(NC(=O)CCl)c(C)c1. The van der Waals surface area contributed by atoms with Gasteiger partial charge in [0.2, 0.25) is 5.91 Å². The fourth-order valence-electron chi connectivity index (χ4n) is 2.45. The molecule has 1 rings (SSSR count). The molecule has 0 heterocycles. The van der Waals surface area contributed by atoms with Crippen LogP contribution in [0.25, 0.3) is 0 Å². The number of carbonyl (C=O) groups excluding carboxylic acids is 1. The second kappa shape index (κ2) is 10.5. The summed E-state index contributed by atoms with van der Waals surface area (Å²) >= 11 is 5.53. The minimum atomic E-state index is -0.186. The number of alkyl halides is 1. The lowest BCUT2D eigenvalue weighted by atomic mass is 10.1. The summed E-state index contributed by atoms with van der Waals surface area (Å²) in [5, 5.41) is 2.82. The third-order valence-corrected chi connectivity index (χ3v) is 3.90. The van der Waals surface area contributed by atoms with Crippen LogP contribution in [0.4, 0.5) is 5.69 Å². The molecule has 0 spiro atoms. The summed E-state index contributed by atoms with van der Waals surface area (Å²) in [4.78, 5) is 11.4. The first-order chi connectivity index (χ1) is 10.6. The van der Waals surface area contributed by atoms with Crippen molar-refractivity contribution in [1.29, 1.82) is 0 Å². The first kappa shape index (κ1) is 18.8. The van der Waals surface area contributed by atoms with Gasteiger partial charge in [0.1, 0.15) is 11.6 Å². The van der Waals surface area contributed by atoms with Gasteiger partial charge < -0.3 is 10.1 Å². The molecule has 0 unspecified atom stereocenters. The fourth-order valence-corrected chi connectivity index (χ4v) is 2.52. The lowest BCUT2D eigenvalue weighted by molar-refractivity contribution is -0.113. The second-order valence-corrected chi connectivity index (χ2v) is 6.00. The van der Waals surface area contributed by atoms with Crippen LogP contribution in [0.2, 0.25) is 0 Å². The summed E-state index contributed by atoms with van der Waals surface area (Å²) in [7, 11) is 0. The van der Waals surface area contributed by atoms with Gasteiger partial charge in [0.25, 0.3) is 0 Å². The van der Waals surface area contributed by atoms with Crippen molar-refractivity contribution >= 4 is 23.2 Å². The zero-order chi connectivity index (χ0) is 16.4. The average Bonchev–Trinajstić information content (AvgIpc) is 2.49. The van der Waals surface area contributed by atoms with Crippen molar-refractivity contribution in [1.82, 2.24) is 0 Å². The number of amides is 1. The Morgan fingerprint density at radius 2 is 1.68 bits per heavy atom. The van der Waals surface area contributed by atoms with E-state index < -0.39 is 0 Å². The van der Waals surface area contributed by atoms with Crippen LogP contribution >= 0.6 is 11.6 Å². The number of hydrogen-bond donors (Lipinski definition) is 1. The third-order valence-electron chi connectivity index (χ3n) is 3.66. The quantitative estimate of drug-likeness (QED) is 0.473. The molecule has 4 heteroatoms. The Bertz CT molecular complexity index is 451. The van der Waals surface area contributed by atoms with Crippen molar-refractivity contribution in [3.8, 4) is 5.75 Å². The van der Waals surface area contributed by atoms with Gasteiger partial charge in [-0.2, -0.15) is 0 Å². The molecule has 0 fully saturated rings. The second-order valence-electron chi connectivity index (χ2n) is 5.73. The fraction of sp³-hybridized carbons (Fsp3) is 0.611. The van der Waals surface area contributed by atoms with Crippen molar-refractivity contribution in [2.24, 2.45) is 0 Å². The molecule has 22 heavy (non-hydrogen) atoms. The number of rotatable bonds is 10. The summed E-state index contributed by atoms with van der Waals surface area (Å²) in [5.74, 6) is 0.649. The molecule has 0 aromatic heterocycles. The lowest BCUT2D eigenvalue weighted by Gasteiger charge is -2.14. The van der Waals surface area contributed by atoms with Crippen molar-refractivity contribution in [3.05, 3.63) is 23.3 Å². The first-order valence-electron chi connectivity index (χ1n) is 8.18. The van der Waals surface area contributed by atoms with E-state index in [0.29, 0.717) is 0 Å². The van der Waals surface area contributed by atoms with Crippen molar-refractivity contribution < 1.29 is 9.53 Å². The molecule has 0 saturated carbocycles. The van der Waals surface area contributed by atoms with E-state index in [4.69, 9.17) is 16.3 Å². The smallest absolute Gasteiger partial charge is 0.239 e. The van der Waals surface area contributed by atoms with E-state index in [-0.39, 0.29) is 11.8 Å². The van der Waals surface area contributed by atoms with E-state index in [1.165, 1.54) is 32.1 Å². The number of nitrogens with one attached hydrogen (secondary N) is 1. The Morgan fingerprint density at radius 3 is 2.27 bits per heavy atom. The number of aryl methyl sites for hydroxylation is 2. The van der Waals surface area contributed by atoms with Crippen LogP contribution in [0.1, 0.15) is 56.6 Å². The van der Waals surface area contributed by atoms with Gasteiger partial charge in [-0.25, -0.2) is 0 Å². The van der Waals surface area contributed by atoms with Gasteiger partial charge in [-0.15, -0.1) is 11.6 Å². The summed E-state index contributed by atoms with van der Waals surface area (Å²) in [6.45, 7) is 6.91. The molecule has 0 saturated heterocycles. The van der Waals surface area contributed by atoms with E-state index in [2.05, 4.69) is 12.2 Å². The Balaban J connectivity index is 2.44. The van der Waals surface area contributed by atoms with E-state index in [9.17, 15) is 4.79 Å². The van der Waals surface area contributed by atoms with E-state index >= 15 is 0 Å². The highest BCUT2D eigenvalue weighted by Crippen LogP contribution is 2.26. The minimum absolute atomic E-state index is 0.0326. The Labute approximate surface area is 139 Å². The number of halogens is 1. The van der Waals surface area contributed by atoms with Crippen LogP contribution in [0.3, 0.4) is 0 Å². The normalized spacial score (nSPS) is 10.5. The largest absolute Gasteiger partial charge is 0.494 e. The Morgan fingerprint density at radius 1 is 1.09 bits per heavy atom. The third kappa shape index (κ3) is 6.69. The number of carbonyl (C=O) groups is 1. The predicted octanol–water partition coefficient (Wildman–Crippen LogP) is 5.22. The van der Waals surface area contributed by atoms with Crippen LogP contribution in [-0.2, 0) is 4.79 Å². The minimum Gasteiger partial charge on any atom is -0.494 e. The zero-order valence-electron chi connectivity index (χ0n) is 14.0. The number of ether oxygens (including phenoxy) is 1. The summed E-state index contributed by atoms with van der Waals surface area (Å²) in [6, 6.07) is 3.93. The standard InChI is InChI=1S/C18H28ClNO2/c1-4-5-6-7-8-9-10-22-16-11-14(2)18(15(3)12-16)20-17(21)13-19/h11-12H,4-10,13H2,1-3H3,(H,20,21). The van der Waals surface area contributed by atoms with Crippen molar-refractivity contribution in [2.45, 2.75) is 59.3 Å². The van der Waals surface area contributed by atoms with Crippen LogP contribution in [-0.4, -0.2) is 18.4 Å². The predicted molar refractivity (Wildman–Crippen MR) is 94.1 cm³/mol. The molecule has 124 valence electrons. The molecule has 0 bridgehead atoms. The monoisotopic (exact) mass is 325 g/mol. The van der Waals surface area contributed by atoms with Gasteiger partial charge in [0, 0.05) is 5.69 Å². The van der Waals surface area contributed by atoms with Gasteiger partial charge in [0.05, 0.1) is 6.61 Å². The van der Waals surface area contributed by atoms with E-state index in [0.717, 1.165) is 35.6 Å². The summed E-state index contributed by atoms with van der Waals surface area (Å²) in [5.41, 5.74) is 2.82. The lowest BCUT2D eigenvalue weighted by Crippen LogP contribution is -2.14. The van der Waals surface area contributed by atoms with E-state index in [1.54, 1.807) is 0 Å². The van der Waals surface area contributed by atoms with Gasteiger partial charge in [0.15, 0.2) is 0 Å². The average molecular weight is 326 g/mol. The molecule has 3 nitrogen and oxygen atoms in total. The summed E-state index contributed by atoms with van der Waals surface area (Å²) in [6.07, 6.45) is 7.53. The maximum atomic E-state index is 11.4. The van der Waals surface area contributed by atoms with Gasteiger partial charge >= 0.3 is 0 Å². The first-order valence-corrected chi connectivity index (χ1v) is 8.71. The van der Waals surface area contributed by atoms with Crippen molar-refractivity contribution in [3.63, 3.8) is 0 Å². The molecule has 0 radical (unpaired) electrons. The van der Waals surface area contributed by atoms with Gasteiger partial charge in [-0.1, -0.05) is 39.0 Å². The van der Waals surface area contributed by atoms with Crippen LogP contribution in [0.5, 0.6) is 5.75 Å². The topological polar surface area (TPSA) is 38.3 Å². The highest BCUT2D eigenvalue weighted by atomic mass is 35.5. The van der Waals surface area contributed by atoms with Gasteiger partial charge in [-0.3, -0.25) is 4.79 Å². The molecular weight excluding hydrogens is 298 g/mol. The maximum Gasteiger partial charge on any atom is 0.239 e. The molecule has 0 aliphatic rings. The number of unbranched alkanes of at least 4 members (excludes halogenated alkanes) is 5. The molecule has 0 atom stereocenters. The summed E-state index contributed by atoms with van der Waals surface area (Å²) < 4.78 is 5.82. The van der Waals surface area contributed by atoms with Crippen molar-refractivity contribution in [2.75, 3.05) is 17.8 Å². The molecule has 0 aliphatic carbocycles. The Hall–Kier alpha value is -1.22. The van der Waals surface area contributed by atoms with E-state index in [1.807, 2.05) is 26.0 Å².